The van der Waals surface area contributed by atoms with E-state index >= 15 is 4.39 Å². The van der Waals surface area contributed by atoms with Crippen LogP contribution >= 0.6 is 0 Å². The predicted molar refractivity (Wildman–Crippen MR) is 256 cm³/mol. The summed E-state index contributed by atoms with van der Waals surface area (Å²) in [6.45, 7) is 0. The number of nitrogens with zero attached hydrogens (tertiary/aromatic N) is 2. The highest BCUT2D eigenvalue weighted by atomic mass is 19.1. The van der Waals surface area contributed by atoms with Gasteiger partial charge in [-0.1, -0.05) is 109 Å². The minimum absolute atomic E-state index is 0.0208. The van der Waals surface area contributed by atoms with Gasteiger partial charge in [0.1, 0.15) is 34.4 Å². The number of rotatable bonds is 7. The SMILES string of the molecule is Fc1ccc(N(c2ccc3c(c2)OC2=CC=C4c5ccc(N(C6=CCCC=C6)C6C=CC=CC6)cc5OC5=CC=C3C2C54)c2cccc3c2oc2ccccc23)c(-c2ccccc2)c1. The number of ether oxygens (including phenoxy) is 2. The molecule has 5 nitrogen and oxygen atoms in total. The quantitative estimate of drug-likeness (QED) is 0.160. The third-order valence-corrected chi connectivity index (χ3v) is 13.5. The van der Waals surface area contributed by atoms with Gasteiger partial charge in [-0.25, -0.2) is 4.39 Å². The Bertz CT molecular complexity index is 3360. The zero-order valence-electron chi connectivity index (χ0n) is 34.8. The molecule has 3 unspecified atom stereocenters. The summed E-state index contributed by atoms with van der Waals surface area (Å²) in [4.78, 5) is 4.62. The Morgan fingerprint density at radius 1 is 0.578 bits per heavy atom. The lowest BCUT2D eigenvalue weighted by Crippen LogP contribution is -2.35. The smallest absolute Gasteiger partial charge is 0.159 e. The van der Waals surface area contributed by atoms with E-state index in [1.807, 2.05) is 54.6 Å². The molecule has 13 rings (SSSR count). The lowest BCUT2D eigenvalue weighted by atomic mass is 9.68. The standard InChI is InChI=1S/C58H41FN2O3/c59-37-23-30-49(48(33-37)36-13-4-1-5-14-36)61(50-21-12-20-47-42-19-10-11-22-51(42)64-58(47)50)41-25-27-44-46-29-31-52-56-45(28-32-53(57(46)56)63-55(44)35-41)43-26-24-40(34-54(43)62-52)60(38-15-6-2-7-16-38)39-17-8-3-9-18-39/h1-2,4-8,10-15,17-35,38,56-57H,3,9,16H2. The third kappa shape index (κ3) is 5.82. The monoisotopic (exact) mass is 832 g/mol. The van der Waals surface area contributed by atoms with Crippen LogP contribution in [0.1, 0.15) is 30.4 Å². The van der Waals surface area contributed by atoms with Gasteiger partial charge in [0.15, 0.2) is 5.58 Å². The van der Waals surface area contributed by atoms with Crippen LogP contribution < -0.4 is 19.3 Å². The van der Waals surface area contributed by atoms with Crippen LogP contribution in [0.3, 0.4) is 0 Å². The molecule has 4 aliphatic carbocycles. The van der Waals surface area contributed by atoms with Gasteiger partial charge in [0, 0.05) is 51.0 Å². The van der Waals surface area contributed by atoms with Gasteiger partial charge in [-0.05, 0) is 109 Å². The number of fused-ring (bicyclic) bond motifs is 7. The molecule has 6 aromatic carbocycles. The molecule has 0 saturated carbocycles. The fourth-order valence-electron chi connectivity index (χ4n) is 10.6. The molecule has 0 radical (unpaired) electrons. The van der Waals surface area contributed by atoms with Crippen molar-refractivity contribution in [1.82, 2.24) is 0 Å². The van der Waals surface area contributed by atoms with E-state index in [0.717, 1.165) is 109 Å². The number of anilines is 4. The number of allylic oxidation sites excluding steroid dienone is 11. The van der Waals surface area contributed by atoms with Gasteiger partial charge in [0.05, 0.1) is 34.9 Å². The van der Waals surface area contributed by atoms with Crippen molar-refractivity contribution in [3.63, 3.8) is 0 Å². The van der Waals surface area contributed by atoms with Gasteiger partial charge in [-0.2, -0.15) is 0 Å². The molecule has 0 bridgehead atoms. The van der Waals surface area contributed by atoms with E-state index in [-0.39, 0.29) is 23.7 Å². The summed E-state index contributed by atoms with van der Waals surface area (Å²) >= 11 is 0. The van der Waals surface area contributed by atoms with Gasteiger partial charge in [0.2, 0.25) is 0 Å². The highest BCUT2D eigenvalue weighted by molar-refractivity contribution is 6.11. The molecular weight excluding hydrogens is 792 g/mol. The van der Waals surface area contributed by atoms with Gasteiger partial charge in [-0.3, -0.25) is 0 Å². The molecule has 2 aliphatic heterocycles. The maximum absolute atomic E-state index is 15.3. The molecule has 0 fully saturated rings. The minimum atomic E-state index is -0.307. The lowest BCUT2D eigenvalue weighted by molar-refractivity contribution is 0.286. The highest BCUT2D eigenvalue weighted by Gasteiger charge is 2.46. The van der Waals surface area contributed by atoms with Crippen molar-refractivity contribution in [3.05, 3.63) is 228 Å². The Balaban J connectivity index is 0.917. The predicted octanol–water partition coefficient (Wildman–Crippen LogP) is 15.1. The maximum atomic E-state index is 15.3. The fourth-order valence-corrected chi connectivity index (χ4v) is 10.6. The second kappa shape index (κ2) is 14.6. The van der Waals surface area contributed by atoms with Crippen molar-refractivity contribution < 1.29 is 18.3 Å². The van der Waals surface area contributed by atoms with Crippen molar-refractivity contribution in [2.75, 3.05) is 9.80 Å². The molecule has 7 aromatic rings. The normalized spacial score (nSPS) is 19.8. The number of halogens is 1. The van der Waals surface area contributed by atoms with Gasteiger partial charge in [-0.15, -0.1) is 0 Å². The lowest BCUT2D eigenvalue weighted by Gasteiger charge is -2.44. The van der Waals surface area contributed by atoms with E-state index in [2.05, 4.69) is 137 Å². The molecule has 0 N–H and O–H groups in total. The maximum Gasteiger partial charge on any atom is 0.159 e. The van der Waals surface area contributed by atoms with Crippen LogP contribution in [0.2, 0.25) is 0 Å². The van der Waals surface area contributed by atoms with Crippen LogP contribution in [0, 0.1) is 17.7 Å². The Kier molecular flexibility index (Phi) is 8.41. The number of hydrogen-bond acceptors (Lipinski definition) is 5. The first kappa shape index (κ1) is 36.8. The molecule has 3 heterocycles. The van der Waals surface area contributed by atoms with E-state index in [1.54, 1.807) is 6.07 Å². The average molecular weight is 833 g/mol. The second-order valence-corrected chi connectivity index (χ2v) is 17.1. The van der Waals surface area contributed by atoms with Gasteiger partial charge < -0.3 is 23.7 Å². The highest BCUT2D eigenvalue weighted by Crippen LogP contribution is 2.58. The van der Waals surface area contributed by atoms with E-state index in [1.165, 1.54) is 22.9 Å². The first-order valence-corrected chi connectivity index (χ1v) is 22.2. The third-order valence-electron chi connectivity index (χ3n) is 13.5. The number of hydrogen-bond donors (Lipinski definition) is 0. The van der Waals surface area contributed by atoms with Crippen LogP contribution in [0.5, 0.6) is 11.5 Å². The molecule has 3 atom stereocenters. The molecule has 0 amide bonds. The molecule has 0 saturated heterocycles. The van der Waals surface area contributed by atoms with E-state index in [0.29, 0.717) is 0 Å². The first-order valence-electron chi connectivity index (χ1n) is 22.2. The van der Waals surface area contributed by atoms with Crippen molar-refractivity contribution in [2.45, 2.75) is 25.3 Å². The molecule has 1 aromatic heterocycles. The number of furan rings is 1. The largest absolute Gasteiger partial charge is 0.460 e. The number of benzene rings is 6. The Hall–Kier alpha value is -7.83. The van der Waals surface area contributed by atoms with Crippen LogP contribution in [0.15, 0.2) is 216 Å². The summed E-state index contributed by atoms with van der Waals surface area (Å²) in [5, 5.41) is 2.04. The summed E-state index contributed by atoms with van der Waals surface area (Å²) in [7, 11) is 0. The molecule has 0 spiro atoms. The zero-order chi connectivity index (χ0) is 42.3. The van der Waals surface area contributed by atoms with Crippen LogP contribution in [-0.2, 0) is 0 Å². The van der Waals surface area contributed by atoms with Gasteiger partial charge >= 0.3 is 0 Å². The Morgan fingerprint density at radius 2 is 1.31 bits per heavy atom. The molecule has 6 aliphatic rings. The summed E-state index contributed by atoms with van der Waals surface area (Å²) < 4.78 is 35.8. The average Bonchev–Trinajstić information content (AvgIpc) is 3.74. The zero-order valence-corrected chi connectivity index (χ0v) is 34.8. The number of para-hydroxylation sites is 2. The Morgan fingerprint density at radius 3 is 2.06 bits per heavy atom. The molecule has 308 valence electrons. The van der Waals surface area contributed by atoms with Crippen LogP contribution in [-0.4, -0.2) is 6.04 Å². The van der Waals surface area contributed by atoms with Crippen molar-refractivity contribution in [3.8, 4) is 22.6 Å². The first-order chi connectivity index (χ1) is 31.6. The molecule has 64 heavy (non-hydrogen) atoms. The van der Waals surface area contributed by atoms with Gasteiger partial charge in [0.25, 0.3) is 0 Å². The second-order valence-electron chi connectivity index (χ2n) is 17.1. The molecule has 6 heteroatoms. The van der Waals surface area contributed by atoms with Crippen molar-refractivity contribution in [1.29, 1.82) is 0 Å². The minimum Gasteiger partial charge on any atom is -0.460 e. The topological polar surface area (TPSA) is 38.1 Å². The summed E-state index contributed by atoms with van der Waals surface area (Å²) in [5.41, 5.74) is 12.6. The summed E-state index contributed by atoms with van der Waals surface area (Å²) in [5.74, 6) is 3.07. The fraction of sp³-hybridized carbons (Fsp3) is 0.103. The van der Waals surface area contributed by atoms with E-state index in [4.69, 9.17) is 13.9 Å². The summed E-state index contributed by atoms with van der Waals surface area (Å²) in [6.07, 6.45) is 27.5. The van der Waals surface area contributed by atoms with Crippen molar-refractivity contribution in [2.24, 2.45) is 11.8 Å². The van der Waals surface area contributed by atoms with Crippen LogP contribution in [0.25, 0.3) is 44.2 Å². The molecular formula is C58H41FN2O3. The Labute approximate surface area is 370 Å². The van der Waals surface area contributed by atoms with E-state index in [9.17, 15) is 0 Å². The summed E-state index contributed by atoms with van der Waals surface area (Å²) in [6, 6.07) is 42.7. The van der Waals surface area contributed by atoms with Crippen LogP contribution in [0.4, 0.5) is 27.1 Å². The van der Waals surface area contributed by atoms with Crippen molar-refractivity contribution >= 4 is 55.8 Å². The van der Waals surface area contributed by atoms with E-state index < -0.39 is 0 Å².